The number of benzene rings is 3. The summed E-state index contributed by atoms with van der Waals surface area (Å²) >= 11 is 0.906. The second-order valence-electron chi connectivity index (χ2n) is 11.0. The zero-order chi connectivity index (χ0) is 29.1. The van der Waals surface area contributed by atoms with Gasteiger partial charge in [-0.1, -0.05) is 42.5 Å². The lowest BCUT2D eigenvalue weighted by Gasteiger charge is -2.41. The second-order valence-corrected chi connectivity index (χ2v) is 12.1. The maximum atomic E-state index is 11.8. The molecule has 2 aliphatic heterocycles. The van der Waals surface area contributed by atoms with Crippen LogP contribution in [0.2, 0.25) is 0 Å². The molecule has 0 radical (unpaired) electrons. The number of hydrogen-bond donors (Lipinski definition) is 2. The predicted molar refractivity (Wildman–Crippen MR) is 162 cm³/mol. The fourth-order valence-electron chi connectivity index (χ4n) is 5.46. The van der Waals surface area contributed by atoms with Crippen LogP contribution in [0.3, 0.4) is 0 Å². The van der Waals surface area contributed by atoms with Crippen molar-refractivity contribution in [1.82, 2.24) is 10.2 Å². The highest BCUT2D eigenvalue weighted by Crippen LogP contribution is 2.43. The Hall–Kier alpha value is -3.75. The normalized spacial score (nSPS) is 19.3. The maximum absolute atomic E-state index is 11.8. The van der Waals surface area contributed by atoms with Gasteiger partial charge in [0, 0.05) is 25.2 Å². The zero-order valence-corrected chi connectivity index (χ0v) is 24.8. The van der Waals surface area contributed by atoms with Crippen LogP contribution in [0.15, 0.2) is 59.5 Å². The average Bonchev–Trinajstić information content (AvgIpc) is 3.27. The standard InChI is InChI=1S/C33H36N2O5S/c1-21-22(2)30-27(23(3)29(21)36)14-15-33(4,40-30)20-35(19-25-8-6-5-7-9-25)16-17-39-26-12-10-24(11-13-26)18-28-31(37)34-32(38)41-28/h5-13,18,36H,14-17,19-20H2,1-4H3,(H,34,37,38)/b28-18-. The van der Waals surface area contributed by atoms with Crippen LogP contribution in [0.25, 0.3) is 6.08 Å². The number of carbonyl (C=O) groups excluding carboxylic acids is 2. The number of phenolic OH excluding ortho intramolecular Hbond substituents is 1. The minimum atomic E-state index is -0.385. The van der Waals surface area contributed by atoms with E-state index in [1.54, 1.807) is 6.08 Å². The van der Waals surface area contributed by atoms with Crippen LogP contribution >= 0.6 is 11.8 Å². The summed E-state index contributed by atoms with van der Waals surface area (Å²) in [7, 11) is 0. The number of carbonyl (C=O) groups is 2. The van der Waals surface area contributed by atoms with Gasteiger partial charge in [-0.2, -0.15) is 0 Å². The Bertz CT molecular complexity index is 1490. The number of rotatable bonds is 9. The zero-order valence-electron chi connectivity index (χ0n) is 24.0. The summed E-state index contributed by atoms with van der Waals surface area (Å²) in [6.07, 6.45) is 3.41. The van der Waals surface area contributed by atoms with Crippen LogP contribution in [0.5, 0.6) is 17.2 Å². The van der Waals surface area contributed by atoms with Crippen LogP contribution in [0.1, 0.15) is 46.7 Å². The van der Waals surface area contributed by atoms with Crippen molar-refractivity contribution in [2.45, 2.75) is 52.7 Å². The maximum Gasteiger partial charge on any atom is 0.290 e. The Morgan fingerprint density at radius 2 is 1.78 bits per heavy atom. The number of ether oxygens (including phenoxy) is 2. The van der Waals surface area contributed by atoms with Crippen LogP contribution < -0.4 is 14.8 Å². The van der Waals surface area contributed by atoms with E-state index in [2.05, 4.69) is 41.4 Å². The number of imide groups is 1. The average molecular weight is 573 g/mol. The summed E-state index contributed by atoms with van der Waals surface area (Å²) in [6, 6.07) is 17.9. The van der Waals surface area contributed by atoms with Gasteiger partial charge in [-0.3, -0.25) is 19.8 Å². The first-order valence-corrected chi connectivity index (χ1v) is 14.7. The first-order valence-electron chi connectivity index (χ1n) is 13.9. The fraction of sp³-hybridized carbons (Fsp3) is 0.333. The van der Waals surface area contributed by atoms with Crippen LogP contribution in [-0.4, -0.2) is 46.5 Å². The quantitative estimate of drug-likeness (QED) is 0.291. The topological polar surface area (TPSA) is 88.1 Å². The molecule has 0 aliphatic carbocycles. The monoisotopic (exact) mass is 572 g/mol. The number of amides is 2. The number of nitrogens with one attached hydrogen (secondary N) is 1. The van der Waals surface area contributed by atoms with E-state index < -0.39 is 0 Å². The van der Waals surface area contributed by atoms with Crippen molar-refractivity contribution in [2.75, 3.05) is 19.7 Å². The Morgan fingerprint density at radius 1 is 1.05 bits per heavy atom. The number of thioether (sulfide) groups is 1. The molecular weight excluding hydrogens is 536 g/mol. The highest BCUT2D eigenvalue weighted by molar-refractivity contribution is 8.18. The summed E-state index contributed by atoms with van der Waals surface area (Å²) in [6.45, 7) is 10.8. The Balaban J connectivity index is 1.26. The molecule has 3 aromatic rings. The Labute approximate surface area is 245 Å². The minimum absolute atomic E-state index is 0.349. The molecule has 41 heavy (non-hydrogen) atoms. The van der Waals surface area contributed by atoms with E-state index in [4.69, 9.17) is 9.47 Å². The Kier molecular flexibility index (Phi) is 8.42. The van der Waals surface area contributed by atoms with E-state index >= 15 is 0 Å². The van der Waals surface area contributed by atoms with Crippen LogP contribution in [0.4, 0.5) is 4.79 Å². The van der Waals surface area contributed by atoms with Crippen molar-refractivity contribution in [3.63, 3.8) is 0 Å². The minimum Gasteiger partial charge on any atom is -0.507 e. The van der Waals surface area contributed by atoms with Crippen molar-refractivity contribution in [3.8, 4) is 17.2 Å². The number of aromatic hydroxyl groups is 1. The van der Waals surface area contributed by atoms with Gasteiger partial charge in [0.15, 0.2) is 0 Å². The molecule has 2 N–H and O–H groups in total. The van der Waals surface area contributed by atoms with Gasteiger partial charge in [0.05, 0.1) is 4.91 Å². The van der Waals surface area contributed by atoms with Gasteiger partial charge in [-0.05, 0) is 98.3 Å². The molecule has 0 saturated carbocycles. The Morgan fingerprint density at radius 3 is 2.46 bits per heavy atom. The number of fused-ring (bicyclic) bond motifs is 1. The van der Waals surface area contributed by atoms with Crippen LogP contribution in [-0.2, 0) is 17.8 Å². The summed E-state index contributed by atoms with van der Waals surface area (Å²) in [5, 5.41) is 12.5. The SMILES string of the molecule is Cc1c(C)c2c(c(C)c1O)CCC(C)(CN(CCOc1ccc(/C=C3\SC(=O)NC3=O)cc1)Cc1ccccc1)O2. The number of nitrogens with zero attached hydrogens (tertiary/aromatic N) is 1. The summed E-state index contributed by atoms with van der Waals surface area (Å²) in [5.41, 5.74) is 5.57. The third-order valence-corrected chi connectivity index (χ3v) is 8.71. The van der Waals surface area contributed by atoms with Gasteiger partial charge < -0.3 is 14.6 Å². The molecule has 1 fully saturated rings. The van der Waals surface area contributed by atoms with Gasteiger partial charge in [-0.25, -0.2) is 0 Å². The molecule has 1 unspecified atom stereocenters. The molecule has 0 aromatic heterocycles. The van der Waals surface area contributed by atoms with Crippen molar-refractivity contribution in [3.05, 3.63) is 92.9 Å². The molecule has 2 aliphatic rings. The molecule has 3 aromatic carbocycles. The molecular formula is C33H36N2O5S. The summed E-state index contributed by atoms with van der Waals surface area (Å²) < 4.78 is 12.8. The largest absolute Gasteiger partial charge is 0.507 e. The third-order valence-electron chi connectivity index (χ3n) is 7.90. The molecule has 7 nitrogen and oxygen atoms in total. The molecule has 5 rings (SSSR count). The van der Waals surface area contributed by atoms with Crippen molar-refractivity contribution in [1.29, 1.82) is 0 Å². The van der Waals surface area contributed by atoms with Gasteiger partial charge in [0.25, 0.3) is 11.1 Å². The van der Waals surface area contributed by atoms with Crippen molar-refractivity contribution < 1.29 is 24.2 Å². The van der Waals surface area contributed by atoms with Gasteiger partial charge >= 0.3 is 0 Å². The van der Waals surface area contributed by atoms with Gasteiger partial charge in [0.1, 0.15) is 29.5 Å². The smallest absolute Gasteiger partial charge is 0.290 e. The van der Waals surface area contributed by atoms with E-state index in [0.29, 0.717) is 23.8 Å². The molecule has 214 valence electrons. The summed E-state index contributed by atoms with van der Waals surface area (Å²) in [5.74, 6) is 1.66. The molecule has 8 heteroatoms. The van der Waals surface area contributed by atoms with Crippen LogP contribution in [0, 0.1) is 20.8 Å². The van der Waals surface area contributed by atoms with E-state index in [1.165, 1.54) is 5.56 Å². The van der Waals surface area contributed by atoms with Crippen molar-refractivity contribution in [2.24, 2.45) is 0 Å². The molecule has 1 atom stereocenters. The number of hydrogen-bond acceptors (Lipinski definition) is 7. The van der Waals surface area contributed by atoms with Gasteiger partial charge in [0.2, 0.25) is 0 Å². The lowest BCUT2D eigenvalue weighted by atomic mass is 9.87. The first kappa shape index (κ1) is 28.8. The molecule has 0 spiro atoms. The third kappa shape index (κ3) is 6.60. The van der Waals surface area contributed by atoms with E-state index in [-0.39, 0.29) is 16.7 Å². The lowest BCUT2D eigenvalue weighted by Crippen LogP contribution is -2.48. The molecule has 2 heterocycles. The first-order chi connectivity index (χ1) is 19.6. The summed E-state index contributed by atoms with van der Waals surface area (Å²) in [4.78, 5) is 26.0. The second kappa shape index (κ2) is 12.0. The van der Waals surface area contributed by atoms with E-state index in [0.717, 1.165) is 77.0 Å². The predicted octanol–water partition coefficient (Wildman–Crippen LogP) is 6.31. The lowest BCUT2D eigenvalue weighted by molar-refractivity contribution is -0.115. The molecule has 2 amide bonds. The molecule has 1 saturated heterocycles. The van der Waals surface area contributed by atoms with E-state index in [9.17, 15) is 14.7 Å². The number of phenols is 1. The van der Waals surface area contributed by atoms with E-state index in [1.807, 2.05) is 51.1 Å². The fourth-order valence-corrected chi connectivity index (χ4v) is 6.14. The highest BCUT2D eigenvalue weighted by Gasteiger charge is 2.36. The molecule has 0 bridgehead atoms. The van der Waals surface area contributed by atoms with Gasteiger partial charge in [-0.15, -0.1) is 0 Å². The van der Waals surface area contributed by atoms with Crippen molar-refractivity contribution >= 4 is 29.0 Å². The highest BCUT2D eigenvalue weighted by atomic mass is 32.2.